The van der Waals surface area contributed by atoms with E-state index in [0.29, 0.717) is 32.2 Å². The van der Waals surface area contributed by atoms with Gasteiger partial charge >= 0.3 is 0 Å². The van der Waals surface area contributed by atoms with Crippen molar-refractivity contribution in [3.8, 4) is 17.4 Å². The Morgan fingerprint density at radius 3 is 2.33 bits per heavy atom. The number of halogens is 3. The van der Waals surface area contributed by atoms with E-state index < -0.39 is 0 Å². The minimum atomic E-state index is 0.460. The second-order valence-corrected chi connectivity index (χ2v) is 6.26. The van der Waals surface area contributed by atoms with Crippen LogP contribution in [0.1, 0.15) is 11.3 Å². The summed E-state index contributed by atoms with van der Waals surface area (Å²) in [7, 11) is 0. The molecule has 0 amide bonds. The third-order valence-electron chi connectivity index (χ3n) is 3.39. The lowest BCUT2D eigenvalue weighted by molar-refractivity contribution is 0.572. The molecule has 0 radical (unpaired) electrons. The minimum absolute atomic E-state index is 0.460. The quantitative estimate of drug-likeness (QED) is 0.464. The predicted molar refractivity (Wildman–Crippen MR) is 99.1 cm³/mol. The molecular formula is C19H10Cl3NO. The Labute approximate surface area is 154 Å². The maximum atomic E-state index is 9.38. The summed E-state index contributed by atoms with van der Waals surface area (Å²) in [6, 6.07) is 18.1. The van der Waals surface area contributed by atoms with Crippen molar-refractivity contribution in [3.05, 3.63) is 81.0 Å². The summed E-state index contributed by atoms with van der Waals surface area (Å²) in [5.74, 6) is 1.22. The van der Waals surface area contributed by atoms with E-state index in [1.165, 1.54) is 0 Å². The van der Waals surface area contributed by atoms with Gasteiger partial charge in [0.2, 0.25) is 0 Å². The summed E-state index contributed by atoms with van der Waals surface area (Å²) in [6.07, 6.45) is 1.68. The fraction of sp³-hybridized carbons (Fsp3) is 0. The molecule has 0 aliphatic rings. The number of furan rings is 1. The SMILES string of the molecule is N#C/C(=C/c1ccc(-c2ccc(Cl)c(Cl)c2)o1)c1ccc(Cl)cc1. The molecule has 0 fully saturated rings. The van der Waals surface area contributed by atoms with E-state index in [-0.39, 0.29) is 0 Å². The molecular weight excluding hydrogens is 365 g/mol. The van der Waals surface area contributed by atoms with Crippen LogP contribution in [0.15, 0.2) is 59.0 Å². The number of rotatable bonds is 3. The second kappa shape index (κ2) is 7.15. The van der Waals surface area contributed by atoms with E-state index in [2.05, 4.69) is 6.07 Å². The summed E-state index contributed by atoms with van der Waals surface area (Å²) in [5, 5.41) is 10.9. The van der Waals surface area contributed by atoms with Gasteiger partial charge in [-0.05, 0) is 54.1 Å². The molecule has 0 spiro atoms. The summed E-state index contributed by atoms with van der Waals surface area (Å²) in [6.45, 7) is 0. The average Bonchev–Trinajstić information content (AvgIpc) is 3.05. The van der Waals surface area contributed by atoms with Crippen LogP contribution in [0.5, 0.6) is 0 Å². The van der Waals surface area contributed by atoms with Gasteiger partial charge in [-0.3, -0.25) is 0 Å². The molecule has 24 heavy (non-hydrogen) atoms. The van der Waals surface area contributed by atoms with Crippen LogP contribution in [-0.4, -0.2) is 0 Å². The van der Waals surface area contributed by atoms with Gasteiger partial charge in [-0.25, -0.2) is 0 Å². The number of nitriles is 1. The van der Waals surface area contributed by atoms with Gasteiger partial charge < -0.3 is 4.42 Å². The first-order chi connectivity index (χ1) is 11.6. The van der Waals surface area contributed by atoms with Gasteiger partial charge in [0, 0.05) is 10.6 Å². The van der Waals surface area contributed by atoms with Crippen LogP contribution in [0, 0.1) is 11.3 Å². The molecule has 1 heterocycles. The Morgan fingerprint density at radius 2 is 1.67 bits per heavy atom. The van der Waals surface area contributed by atoms with Crippen LogP contribution in [0.4, 0.5) is 0 Å². The molecule has 0 bridgehead atoms. The Morgan fingerprint density at radius 1 is 0.917 bits per heavy atom. The van der Waals surface area contributed by atoms with Gasteiger partial charge in [0.05, 0.1) is 21.7 Å². The highest BCUT2D eigenvalue weighted by Gasteiger charge is 2.08. The topological polar surface area (TPSA) is 36.9 Å². The maximum absolute atomic E-state index is 9.38. The zero-order valence-electron chi connectivity index (χ0n) is 12.3. The van der Waals surface area contributed by atoms with Crippen LogP contribution < -0.4 is 0 Å². The minimum Gasteiger partial charge on any atom is -0.457 e. The van der Waals surface area contributed by atoms with E-state index in [1.54, 1.807) is 48.5 Å². The van der Waals surface area contributed by atoms with Crippen molar-refractivity contribution in [1.29, 1.82) is 5.26 Å². The zero-order chi connectivity index (χ0) is 17.1. The van der Waals surface area contributed by atoms with Gasteiger partial charge in [0.25, 0.3) is 0 Å². The smallest absolute Gasteiger partial charge is 0.134 e. The normalized spacial score (nSPS) is 11.3. The van der Waals surface area contributed by atoms with E-state index in [0.717, 1.165) is 11.1 Å². The first-order valence-corrected chi connectivity index (χ1v) is 8.13. The fourth-order valence-corrected chi connectivity index (χ4v) is 2.61. The van der Waals surface area contributed by atoms with E-state index in [4.69, 9.17) is 39.2 Å². The number of allylic oxidation sites excluding steroid dienone is 1. The van der Waals surface area contributed by atoms with E-state index in [9.17, 15) is 5.26 Å². The molecule has 0 atom stereocenters. The highest BCUT2D eigenvalue weighted by molar-refractivity contribution is 6.42. The highest BCUT2D eigenvalue weighted by atomic mass is 35.5. The molecule has 3 rings (SSSR count). The maximum Gasteiger partial charge on any atom is 0.134 e. The molecule has 0 aliphatic carbocycles. The average molecular weight is 375 g/mol. The first kappa shape index (κ1) is 16.7. The Balaban J connectivity index is 1.93. The van der Waals surface area contributed by atoms with Crippen molar-refractivity contribution in [1.82, 2.24) is 0 Å². The standard InChI is InChI=1S/C19H10Cl3NO/c20-15-4-1-12(2-5-15)14(11-23)9-16-6-8-19(24-16)13-3-7-17(21)18(22)10-13/h1-10H/b14-9-. The Kier molecular flexibility index (Phi) is 4.97. The van der Waals surface area contributed by atoms with Crippen LogP contribution in [0.2, 0.25) is 15.1 Å². The van der Waals surface area contributed by atoms with Gasteiger partial charge in [-0.2, -0.15) is 5.26 Å². The summed E-state index contributed by atoms with van der Waals surface area (Å²) >= 11 is 17.8. The molecule has 0 aliphatic heterocycles. The number of benzene rings is 2. The molecule has 3 aromatic rings. The van der Waals surface area contributed by atoms with Crippen molar-refractivity contribution in [2.75, 3.05) is 0 Å². The van der Waals surface area contributed by atoms with Crippen molar-refractivity contribution < 1.29 is 4.42 Å². The lowest BCUT2D eigenvalue weighted by Crippen LogP contribution is -1.80. The second-order valence-electron chi connectivity index (χ2n) is 5.01. The monoisotopic (exact) mass is 373 g/mol. The van der Waals surface area contributed by atoms with Crippen LogP contribution in [-0.2, 0) is 0 Å². The van der Waals surface area contributed by atoms with Crippen LogP contribution in [0.3, 0.4) is 0 Å². The Hall–Kier alpha value is -2.18. The molecule has 5 heteroatoms. The van der Waals surface area contributed by atoms with Gasteiger partial charge in [-0.15, -0.1) is 0 Å². The number of nitrogens with zero attached hydrogens (tertiary/aromatic N) is 1. The molecule has 0 unspecified atom stereocenters. The third-order valence-corrected chi connectivity index (χ3v) is 4.38. The first-order valence-electron chi connectivity index (χ1n) is 7.00. The van der Waals surface area contributed by atoms with Crippen molar-refractivity contribution >= 4 is 46.5 Å². The van der Waals surface area contributed by atoms with E-state index >= 15 is 0 Å². The largest absolute Gasteiger partial charge is 0.457 e. The van der Waals surface area contributed by atoms with Gasteiger partial charge in [0.15, 0.2) is 0 Å². The Bertz CT molecular complexity index is 949. The number of hydrogen-bond donors (Lipinski definition) is 0. The third kappa shape index (κ3) is 3.66. The van der Waals surface area contributed by atoms with Crippen molar-refractivity contribution in [2.45, 2.75) is 0 Å². The van der Waals surface area contributed by atoms with Crippen LogP contribution >= 0.6 is 34.8 Å². The van der Waals surface area contributed by atoms with E-state index in [1.807, 2.05) is 12.1 Å². The summed E-state index contributed by atoms with van der Waals surface area (Å²) < 4.78 is 5.79. The lowest BCUT2D eigenvalue weighted by Gasteiger charge is -2.00. The van der Waals surface area contributed by atoms with Crippen LogP contribution in [0.25, 0.3) is 23.0 Å². The summed E-state index contributed by atoms with van der Waals surface area (Å²) in [5.41, 5.74) is 2.07. The van der Waals surface area contributed by atoms with Gasteiger partial charge in [-0.1, -0.05) is 46.9 Å². The molecule has 1 aromatic heterocycles. The highest BCUT2D eigenvalue weighted by Crippen LogP contribution is 2.30. The molecule has 0 saturated carbocycles. The predicted octanol–water partition coefficient (Wildman–Crippen LogP) is 6.97. The van der Waals surface area contributed by atoms with Gasteiger partial charge in [0.1, 0.15) is 11.5 Å². The van der Waals surface area contributed by atoms with Crippen molar-refractivity contribution in [2.24, 2.45) is 0 Å². The molecule has 0 saturated heterocycles. The summed E-state index contributed by atoms with van der Waals surface area (Å²) in [4.78, 5) is 0. The zero-order valence-corrected chi connectivity index (χ0v) is 14.5. The van der Waals surface area contributed by atoms with Crippen molar-refractivity contribution in [3.63, 3.8) is 0 Å². The lowest BCUT2D eigenvalue weighted by atomic mass is 10.1. The molecule has 118 valence electrons. The molecule has 0 N–H and O–H groups in total. The molecule has 2 nitrogen and oxygen atoms in total. The number of hydrogen-bond acceptors (Lipinski definition) is 2. The fourth-order valence-electron chi connectivity index (χ4n) is 2.19. The molecule has 2 aromatic carbocycles.